The Labute approximate surface area is 125 Å². The lowest BCUT2D eigenvalue weighted by Crippen LogP contribution is -2.12. The first-order chi connectivity index (χ1) is 10.1. The number of hydrogen-bond donors (Lipinski definition) is 2. The Balaban J connectivity index is 2.18. The highest BCUT2D eigenvalue weighted by Crippen LogP contribution is 2.21. The van der Waals surface area contributed by atoms with E-state index in [0.717, 1.165) is 6.08 Å². The van der Waals surface area contributed by atoms with Crippen molar-refractivity contribution in [2.24, 2.45) is 0 Å². The Morgan fingerprint density at radius 3 is 2.71 bits per heavy atom. The molecule has 1 aromatic carbocycles. The number of nitrogens with one attached hydrogen (secondary N) is 1. The number of carbonyl (C=O) groups is 2. The zero-order valence-corrected chi connectivity index (χ0v) is 11.5. The molecule has 0 aliphatic carbocycles. The molecule has 0 atom stereocenters. The van der Waals surface area contributed by atoms with Crippen LogP contribution in [0, 0.1) is 0 Å². The van der Waals surface area contributed by atoms with Crippen LogP contribution >= 0.6 is 11.6 Å². The lowest BCUT2D eigenvalue weighted by atomic mass is 10.2. The summed E-state index contributed by atoms with van der Waals surface area (Å²) in [6.45, 7) is 0. The number of benzene rings is 1. The fourth-order valence-corrected chi connectivity index (χ4v) is 1.78. The van der Waals surface area contributed by atoms with Gasteiger partial charge in [-0.05, 0) is 29.8 Å². The quantitative estimate of drug-likeness (QED) is 0.851. The number of amides is 1. The molecule has 1 amide bonds. The highest BCUT2D eigenvalue weighted by Gasteiger charge is 2.08. The maximum Gasteiger partial charge on any atom is 0.328 e. The van der Waals surface area contributed by atoms with Gasteiger partial charge in [-0.25, -0.2) is 4.79 Å². The van der Waals surface area contributed by atoms with Crippen LogP contribution in [0.4, 0.5) is 5.69 Å². The lowest BCUT2D eigenvalue weighted by molar-refractivity contribution is -0.131. The molecule has 5 nitrogen and oxygen atoms in total. The van der Waals surface area contributed by atoms with Gasteiger partial charge in [-0.3, -0.25) is 9.78 Å². The van der Waals surface area contributed by atoms with Gasteiger partial charge in [0.2, 0.25) is 0 Å². The number of carboxylic acids is 1. The minimum Gasteiger partial charge on any atom is -0.478 e. The van der Waals surface area contributed by atoms with Gasteiger partial charge in [-0.2, -0.15) is 0 Å². The van der Waals surface area contributed by atoms with Crippen molar-refractivity contribution in [1.29, 1.82) is 0 Å². The van der Waals surface area contributed by atoms with Gasteiger partial charge in [-0.15, -0.1) is 0 Å². The molecule has 0 spiro atoms. The summed E-state index contributed by atoms with van der Waals surface area (Å²) < 4.78 is 0. The Morgan fingerprint density at radius 2 is 2.00 bits per heavy atom. The predicted octanol–water partition coefficient (Wildman–Crippen LogP) is 3.09. The molecule has 0 saturated heterocycles. The molecule has 0 radical (unpaired) electrons. The molecule has 21 heavy (non-hydrogen) atoms. The molecule has 2 N–H and O–H groups in total. The summed E-state index contributed by atoms with van der Waals surface area (Å²) in [5, 5.41) is 11.7. The summed E-state index contributed by atoms with van der Waals surface area (Å²) in [7, 11) is 0. The summed E-state index contributed by atoms with van der Waals surface area (Å²) in [6, 6.07) is 8.41. The van der Waals surface area contributed by atoms with E-state index >= 15 is 0 Å². The molecule has 0 aliphatic heterocycles. The highest BCUT2D eigenvalue weighted by molar-refractivity contribution is 6.33. The molecule has 0 fully saturated rings. The van der Waals surface area contributed by atoms with Crippen LogP contribution in [0.15, 0.2) is 48.8 Å². The molecule has 1 heterocycles. The number of carbonyl (C=O) groups excluding carboxylic acids is 1. The van der Waals surface area contributed by atoms with Gasteiger partial charge in [0.25, 0.3) is 5.91 Å². The molecule has 1 aromatic heterocycles. The summed E-state index contributed by atoms with van der Waals surface area (Å²) in [5.74, 6) is -1.44. The molecule has 2 rings (SSSR count). The first-order valence-corrected chi connectivity index (χ1v) is 6.36. The molecule has 6 heteroatoms. The topological polar surface area (TPSA) is 79.3 Å². The van der Waals surface area contributed by atoms with Gasteiger partial charge >= 0.3 is 5.97 Å². The third kappa shape index (κ3) is 4.15. The number of rotatable bonds is 4. The van der Waals surface area contributed by atoms with Crippen molar-refractivity contribution in [3.05, 3.63) is 65.0 Å². The van der Waals surface area contributed by atoms with Crippen molar-refractivity contribution in [1.82, 2.24) is 4.98 Å². The van der Waals surface area contributed by atoms with E-state index in [1.165, 1.54) is 18.5 Å². The summed E-state index contributed by atoms with van der Waals surface area (Å²) in [5.41, 5.74) is 1.32. The highest BCUT2D eigenvalue weighted by atomic mass is 35.5. The number of pyridine rings is 1. The lowest BCUT2D eigenvalue weighted by Gasteiger charge is -2.07. The van der Waals surface area contributed by atoms with Crippen LogP contribution in [-0.2, 0) is 4.79 Å². The zero-order chi connectivity index (χ0) is 15.2. The maximum absolute atomic E-state index is 12.1. The second-order valence-electron chi connectivity index (χ2n) is 4.11. The van der Waals surface area contributed by atoms with Crippen molar-refractivity contribution in [3.63, 3.8) is 0 Å². The molecular formula is C15H11ClN2O3. The second kappa shape index (κ2) is 6.67. The molecule has 0 aliphatic rings. The van der Waals surface area contributed by atoms with Crippen molar-refractivity contribution >= 4 is 35.2 Å². The smallest absolute Gasteiger partial charge is 0.328 e. The number of nitrogens with zero attached hydrogens (tertiary/aromatic N) is 1. The molecular weight excluding hydrogens is 292 g/mol. The van der Waals surface area contributed by atoms with Crippen molar-refractivity contribution in [2.45, 2.75) is 0 Å². The van der Waals surface area contributed by atoms with Crippen LogP contribution in [0.1, 0.15) is 15.9 Å². The Hall–Kier alpha value is -2.66. The van der Waals surface area contributed by atoms with Crippen molar-refractivity contribution < 1.29 is 14.7 Å². The van der Waals surface area contributed by atoms with Gasteiger partial charge in [0.1, 0.15) is 0 Å². The minimum atomic E-state index is -1.07. The molecule has 2 aromatic rings. The number of aromatic nitrogens is 1. The van der Waals surface area contributed by atoms with E-state index in [2.05, 4.69) is 10.3 Å². The van der Waals surface area contributed by atoms with Crippen LogP contribution in [0.5, 0.6) is 0 Å². The van der Waals surface area contributed by atoms with E-state index < -0.39 is 5.97 Å². The second-order valence-corrected chi connectivity index (χ2v) is 4.52. The molecule has 106 valence electrons. The van der Waals surface area contributed by atoms with Gasteiger partial charge in [0.05, 0.1) is 16.3 Å². The van der Waals surface area contributed by atoms with Gasteiger partial charge in [0, 0.05) is 18.5 Å². The number of para-hydroxylation sites is 1. The van der Waals surface area contributed by atoms with E-state index in [4.69, 9.17) is 16.7 Å². The van der Waals surface area contributed by atoms with Crippen molar-refractivity contribution in [3.8, 4) is 0 Å². The van der Waals surface area contributed by atoms with E-state index in [1.54, 1.807) is 30.3 Å². The Bertz CT molecular complexity index is 714. The maximum atomic E-state index is 12.1. The summed E-state index contributed by atoms with van der Waals surface area (Å²) in [6.07, 6.45) is 5.20. The zero-order valence-electron chi connectivity index (χ0n) is 10.8. The molecule has 0 saturated carbocycles. The third-order valence-electron chi connectivity index (χ3n) is 2.56. The minimum absolute atomic E-state index is 0.308. The van der Waals surface area contributed by atoms with Crippen LogP contribution in [-0.4, -0.2) is 22.0 Å². The fourth-order valence-electron chi connectivity index (χ4n) is 1.60. The summed E-state index contributed by atoms with van der Waals surface area (Å²) in [4.78, 5) is 26.5. The number of hydrogen-bond acceptors (Lipinski definition) is 3. The third-order valence-corrected chi connectivity index (χ3v) is 2.89. The van der Waals surface area contributed by atoms with E-state index in [1.807, 2.05) is 0 Å². The first-order valence-electron chi connectivity index (χ1n) is 5.98. The van der Waals surface area contributed by atoms with Gasteiger partial charge in [0.15, 0.2) is 0 Å². The van der Waals surface area contributed by atoms with Gasteiger partial charge < -0.3 is 10.4 Å². The average Bonchev–Trinajstić information content (AvgIpc) is 2.48. The van der Waals surface area contributed by atoms with Crippen LogP contribution < -0.4 is 5.32 Å². The van der Waals surface area contributed by atoms with Crippen molar-refractivity contribution in [2.75, 3.05) is 5.32 Å². The van der Waals surface area contributed by atoms with Gasteiger partial charge in [-0.1, -0.05) is 23.7 Å². The average molecular weight is 303 g/mol. The van der Waals surface area contributed by atoms with E-state index in [-0.39, 0.29) is 5.91 Å². The Kier molecular flexibility index (Phi) is 4.68. The number of carboxylic acid groups (broad SMARTS) is 1. The van der Waals surface area contributed by atoms with E-state index in [0.29, 0.717) is 21.8 Å². The van der Waals surface area contributed by atoms with Crippen LogP contribution in [0.25, 0.3) is 6.08 Å². The molecule has 0 unspecified atom stereocenters. The number of anilines is 1. The van der Waals surface area contributed by atoms with Crippen LogP contribution in [0.3, 0.4) is 0 Å². The monoisotopic (exact) mass is 302 g/mol. The summed E-state index contributed by atoms with van der Waals surface area (Å²) >= 11 is 5.96. The number of aliphatic carboxylic acids is 1. The first kappa shape index (κ1) is 14.7. The predicted molar refractivity (Wildman–Crippen MR) is 80.3 cm³/mol. The van der Waals surface area contributed by atoms with Crippen LogP contribution in [0.2, 0.25) is 5.02 Å². The Morgan fingerprint density at radius 1 is 1.24 bits per heavy atom. The normalized spacial score (nSPS) is 10.5. The molecule has 0 bridgehead atoms. The SMILES string of the molecule is O=C(O)C=Cc1cncc(C(=O)Nc2ccccc2Cl)c1. The standard InChI is InChI=1S/C15H11ClN2O3/c16-12-3-1-2-4-13(12)18-15(21)11-7-10(8-17-9-11)5-6-14(19)20/h1-9H,(H,18,21)(H,19,20). The number of halogens is 1. The fraction of sp³-hybridized carbons (Fsp3) is 0. The van der Waals surface area contributed by atoms with E-state index in [9.17, 15) is 9.59 Å². The largest absolute Gasteiger partial charge is 0.478 e.